The molecule has 3 atom stereocenters. The Hall–Kier alpha value is -1.35. The van der Waals surface area contributed by atoms with Crippen LogP contribution in [0.5, 0.6) is 0 Å². The maximum Gasteiger partial charge on any atom is 0.223 e. The van der Waals surface area contributed by atoms with E-state index in [9.17, 15) is 4.79 Å². The highest BCUT2D eigenvalue weighted by molar-refractivity contribution is 5.78. The van der Waals surface area contributed by atoms with E-state index in [0.29, 0.717) is 18.2 Å². The smallest absolute Gasteiger partial charge is 0.223 e. The topological polar surface area (TPSA) is 46.3 Å². The van der Waals surface area contributed by atoms with Crippen LogP contribution in [0.15, 0.2) is 24.3 Å². The average molecular weight is 300 g/mol. The van der Waals surface area contributed by atoms with Crippen molar-refractivity contribution < 1.29 is 4.79 Å². The number of amides is 1. The molecule has 1 heterocycles. The molecule has 0 spiro atoms. The lowest BCUT2D eigenvalue weighted by atomic mass is 9.80. The van der Waals surface area contributed by atoms with Gasteiger partial charge in [0.25, 0.3) is 0 Å². The fraction of sp³-hybridized carbons (Fsp3) is 0.632. The Balaban J connectivity index is 1.72. The van der Waals surface area contributed by atoms with Gasteiger partial charge in [0.2, 0.25) is 5.91 Å². The third kappa shape index (κ3) is 3.19. The number of carbonyl (C=O) groups excluding carboxylic acids is 1. The minimum Gasteiger partial charge on any atom is -0.338 e. The first-order chi connectivity index (χ1) is 10.7. The molecule has 0 saturated carbocycles. The van der Waals surface area contributed by atoms with Gasteiger partial charge in [-0.25, -0.2) is 0 Å². The lowest BCUT2D eigenvalue weighted by molar-refractivity contribution is -0.135. The Bertz CT molecular complexity index is 526. The molecule has 0 radical (unpaired) electrons. The van der Waals surface area contributed by atoms with Crippen molar-refractivity contribution in [3.63, 3.8) is 0 Å². The third-order valence-electron chi connectivity index (χ3n) is 5.39. The van der Waals surface area contributed by atoms with Crippen molar-refractivity contribution in [3.8, 4) is 0 Å². The molecule has 3 rings (SSSR count). The van der Waals surface area contributed by atoms with Crippen molar-refractivity contribution in [2.45, 2.75) is 69.9 Å². The lowest BCUT2D eigenvalue weighted by Gasteiger charge is -2.39. The highest BCUT2D eigenvalue weighted by Crippen LogP contribution is 2.35. The van der Waals surface area contributed by atoms with Gasteiger partial charge in [0.05, 0.1) is 0 Å². The van der Waals surface area contributed by atoms with Crippen LogP contribution in [0.1, 0.15) is 62.5 Å². The van der Waals surface area contributed by atoms with Crippen LogP contribution in [0.25, 0.3) is 0 Å². The van der Waals surface area contributed by atoms with E-state index in [1.54, 1.807) is 0 Å². The van der Waals surface area contributed by atoms with E-state index in [1.165, 1.54) is 24.0 Å². The first-order valence-electron chi connectivity index (χ1n) is 8.79. The Labute approximate surface area is 133 Å². The van der Waals surface area contributed by atoms with Crippen molar-refractivity contribution in [1.29, 1.82) is 0 Å². The molecule has 3 unspecified atom stereocenters. The fourth-order valence-electron chi connectivity index (χ4n) is 4.21. The number of carbonyl (C=O) groups is 1. The van der Waals surface area contributed by atoms with Gasteiger partial charge in [-0.1, -0.05) is 24.3 Å². The molecule has 1 fully saturated rings. The molecular weight excluding hydrogens is 272 g/mol. The number of hydrogen-bond donors (Lipinski definition) is 1. The largest absolute Gasteiger partial charge is 0.338 e. The Morgan fingerprint density at radius 1 is 1.27 bits per heavy atom. The van der Waals surface area contributed by atoms with E-state index < -0.39 is 0 Å². The molecule has 22 heavy (non-hydrogen) atoms. The van der Waals surface area contributed by atoms with Gasteiger partial charge in [-0.05, 0) is 62.5 Å². The highest BCUT2D eigenvalue weighted by Gasteiger charge is 2.31. The SMILES string of the molecule is CC(N)C1CCCCN1C(=O)CC1CCCc2ccccc21. The Morgan fingerprint density at radius 2 is 2.09 bits per heavy atom. The molecule has 1 amide bonds. The zero-order valence-corrected chi connectivity index (χ0v) is 13.6. The normalized spacial score (nSPS) is 26.4. The van der Waals surface area contributed by atoms with Gasteiger partial charge >= 0.3 is 0 Å². The molecular formula is C19H28N2O. The number of piperidine rings is 1. The quantitative estimate of drug-likeness (QED) is 0.931. The molecule has 2 aliphatic rings. The van der Waals surface area contributed by atoms with Crippen LogP contribution in [0, 0.1) is 0 Å². The summed E-state index contributed by atoms with van der Waals surface area (Å²) < 4.78 is 0. The number of likely N-dealkylation sites (tertiary alicyclic amines) is 1. The number of nitrogens with two attached hydrogens (primary N) is 1. The molecule has 0 bridgehead atoms. The average Bonchev–Trinajstić information content (AvgIpc) is 2.55. The lowest BCUT2D eigenvalue weighted by Crippen LogP contribution is -2.51. The Kier molecular flexibility index (Phi) is 4.82. The maximum atomic E-state index is 12.9. The maximum absolute atomic E-state index is 12.9. The van der Waals surface area contributed by atoms with Gasteiger partial charge in [-0.3, -0.25) is 4.79 Å². The number of benzene rings is 1. The van der Waals surface area contributed by atoms with Crippen molar-refractivity contribution in [3.05, 3.63) is 35.4 Å². The van der Waals surface area contributed by atoms with Gasteiger partial charge < -0.3 is 10.6 Å². The van der Waals surface area contributed by atoms with E-state index in [0.717, 1.165) is 32.2 Å². The predicted molar refractivity (Wildman–Crippen MR) is 89.7 cm³/mol. The zero-order chi connectivity index (χ0) is 15.5. The van der Waals surface area contributed by atoms with Gasteiger partial charge in [-0.15, -0.1) is 0 Å². The first kappa shape index (κ1) is 15.5. The van der Waals surface area contributed by atoms with Crippen LogP contribution in [-0.4, -0.2) is 29.4 Å². The fourth-order valence-corrected chi connectivity index (χ4v) is 4.21. The summed E-state index contributed by atoms with van der Waals surface area (Å²) >= 11 is 0. The van der Waals surface area contributed by atoms with Crippen LogP contribution in [0.2, 0.25) is 0 Å². The van der Waals surface area contributed by atoms with E-state index in [1.807, 2.05) is 6.92 Å². The van der Waals surface area contributed by atoms with E-state index in [4.69, 9.17) is 5.73 Å². The Morgan fingerprint density at radius 3 is 2.91 bits per heavy atom. The van der Waals surface area contributed by atoms with E-state index >= 15 is 0 Å². The summed E-state index contributed by atoms with van der Waals surface area (Å²) in [5.74, 6) is 0.705. The predicted octanol–water partition coefficient (Wildman–Crippen LogP) is 3.22. The molecule has 2 N–H and O–H groups in total. The van der Waals surface area contributed by atoms with Crippen LogP contribution >= 0.6 is 0 Å². The van der Waals surface area contributed by atoms with Gasteiger partial charge in [-0.2, -0.15) is 0 Å². The van der Waals surface area contributed by atoms with Crippen molar-refractivity contribution >= 4 is 5.91 Å². The second kappa shape index (κ2) is 6.82. The first-order valence-corrected chi connectivity index (χ1v) is 8.79. The van der Waals surface area contributed by atoms with Crippen LogP contribution < -0.4 is 5.73 Å². The zero-order valence-electron chi connectivity index (χ0n) is 13.6. The second-order valence-corrected chi connectivity index (χ2v) is 7.00. The molecule has 3 heteroatoms. The molecule has 1 aromatic carbocycles. The van der Waals surface area contributed by atoms with Crippen molar-refractivity contribution in [2.24, 2.45) is 5.73 Å². The number of aryl methyl sites for hydroxylation is 1. The summed E-state index contributed by atoms with van der Waals surface area (Å²) in [4.78, 5) is 14.9. The summed E-state index contributed by atoms with van der Waals surface area (Å²) in [6.07, 6.45) is 7.53. The second-order valence-electron chi connectivity index (χ2n) is 7.00. The summed E-state index contributed by atoms with van der Waals surface area (Å²) in [6.45, 7) is 2.92. The van der Waals surface area contributed by atoms with Gasteiger partial charge in [0.1, 0.15) is 0 Å². The summed E-state index contributed by atoms with van der Waals surface area (Å²) in [5, 5.41) is 0. The third-order valence-corrected chi connectivity index (χ3v) is 5.39. The van der Waals surface area contributed by atoms with Gasteiger partial charge in [0.15, 0.2) is 0 Å². The number of nitrogens with zero attached hydrogens (tertiary/aromatic N) is 1. The van der Waals surface area contributed by atoms with Crippen LogP contribution in [0.3, 0.4) is 0 Å². The number of fused-ring (bicyclic) bond motifs is 1. The molecule has 1 aliphatic carbocycles. The minimum atomic E-state index is 0.0721. The van der Waals surface area contributed by atoms with Gasteiger partial charge in [0, 0.05) is 25.0 Å². The molecule has 1 aliphatic heterocycles. The summed E-state index contributed by atoms with van der Waals surface area (Å²) in [5.41, 5.74) is 8.95. The van der Waals surface area contributed by atoms with E-state index in [-0.39, 0.29) is 12.1 Å². The van der Waals surface area contributed by atoms with E-state index in [2.05, 4.69) is 29.2 Å². The molecule has 0 aromatic heterocycles. The van der Waals surface area contributed by atoms with Crippen molar-refractivity contribution in [1.82, 2.24) is 4.90 Å². The molecule has 3 nitrogen and oxygen atoms in total. The van der Waals surface area contributed by atoms with Crippen LogP contribution in [0.4, 0.5) is 0 Å². The highest BCUT2D eigenvalue weighted by atomic mass is 16.2. The van der Waals surface area contributed by atoms with Crippen LogP contribution in [-0.2, 0) is 11.2 Å². The molecule has 1 saturated heterocycles. The molecule has 120 valence electrons. The number of rotatable bonds is 3. The standard InChI is InChI=1S/C19H28N2O/c1-14(20)18-11-4-5-12-21(18)19(22)13-16-9-6-8-15-7-2-3-10-17(15)16/h2-3,7,10,14,16,18H,4-6,8-9,11-13,20H2,1H3. The summed E-state index contributed by atoms with van der Waals surface area (Å²) in [7, 11) is 0. The number of hydrogen-bond acceptors (Lipinski definition) is 2. The summed E-state index contributed by atoms with van der Waals surface area (Å²) in [6, 6.07) is 8.96. The van der Waals surface area contributed by atoms with Crippen molar-refractivity contribution in [2.75, 3.05) is 6.54 Å². The monoisotopic (exact) mass is 300 g/mol. The minimum absolute atomic E-state index is 0.0721. The molecule has 1 aromatic rings.